The van der Waals surface area contributed by atoms with E-state index >= 15 is 0 Å². The van der Waals surface area contributed by atoms with E-state index in [1.807, 2.05) is 0 Å². The second kappa shape index (κ2) is 9.04. The number of aliphatic carboxylic acids is 1. The van der Waals surface area contributed by atoms with Crippen LogP contribution in [0, 0.1) is 0 Å². The number of benzene rings is 1. The van der Waals surface area contributed by atoms with E-state index in [4.69, 9.17) is 9.94 Å². The number of Topliss-reactive ketones (excluding diaryl/α,β-unsaturated/α-hetero) is 1. The summed E-state index contributed by atoms with van der Waals surface area (Å²) in [6.07, 6.45) is 0.296. The van der Waals surface area contributed by atoms with E-state index in [1.165, 1.54) is 24.3 Å². The quantitative estimate of drug-likeness (QED) is 0.335. The lowest BCUT2D eigenvalue weighted by molar-refractivity contribution is -0.155. The topological polar surface area (TPSA) is 202 Å². The second-order valence-corrected chi connectivity index (χ2v) is 7.93. The van der Waals surface area contributed by atoms with Crippen LogP contribution in [-0.2, 0) is 26.2 Å². The molecule has 1 fully saturated rings. The van der Waals surface area contributed by atoms with Crippen molar-refractivity contribution in [2.24, 2.45) is 5.90 Å². The third-order valence-electron chi connectivity index (χ3n) is 4.39. The highest BCUT2D eigenvalue weighted by molar-refractivity contribution is 7.89. The fourth-order valence-corrected chi connectivity index (χ4v) is 4.57. The van der Waals surface area contributed by atoms with Crippen LogP contribution in [0.15, 0.2) is 29.2 Å². The minimum absolute atomic E-state index is 0.0255. The molecule has 29 heavy (non-hydrogen) atoms. The minimum Gasteiger partial charge on any atom is -0.485 e. The molecular weight excluding hydrogens is 408 g/mol. The zero-order valence-corrected chi connectivity index (χ0v) is 16.2. The van der Waals surface area contributed by atoms with E-state index in [0.29, 0.717) is 11.6 Å². The largest absolute Gasteiger partial charge is 0.485 e. The van der Waals surface area contributed by atoms with E-state index in [2.05, 4.69) is 26.5 Å². The number of carbonyl (C=O) groups excluding carboxylic acids is 1. The first-order valence-electron chi connectivity index (χ1n) is 8.27. The number of sulfonamides is 1. The molecule has 1 aromatic heterocycles. The van der Waals surface area contributed by atoms with Crippen molar-refractivity contribution in [3.8, 4) is 5.75 Å². The average Bonchev–Trinajstić information content (AvgIpc) is 3.23. The second-order valence-electron chi connectivity index (χ2n) is 6.07. The number of aromatic amines is 1. The fourth-order valence-electron chi connectivity index (χ4n) is 2.80. The Morgan fingerprint density at radius 3 is 2.55 bits per heavy atom. The molecule has 0 aliphatic carbocycles. The van der Waals surface area contributed by atoms with E-state index in [1.54, 1.807) is 0 Å². The molecule has 0 unspecified atom stereocenters. The highest BCUT2D eigenvalue weighted by Crippen LogP contribution is 2.32. The first-order chi connectivity index (χ1) is 13.8. The number of hydrogen-bond acceptors (Lipinski definition) is 10. The number of ether oxygens (including phenoxy) is 1. The first-order valence-corrected chi connectivity index (χ1v) is 9.71. The highest BCUT2D eigenvalue weighted by Gasteiger charge is 2.53. The van der Waals surface area contributed by atoms with E-state index in [-0.39, 0.29) is 30.9 Å². The molecule has 0 saturated carbocycles. The van der Waals surface area contributed by atoms with Gasteiger partial charge in [0, 0.05) is 13.0 Å². The Hall–Kier alpha value is -2.94. The molecule has 1 aliphatic heterocycles. The predicted molar refractivity (Wildman–Crippen MR) is 95.1 cm³/mol. The number of nitrogens with two attached hydrogens (primary N) is 1. The maximum Gasteiger partial charge on any atom is 0.332 e. The third-order valence-corrected chi connectivity index (χ3v) is 6.39. The van der Waals surface area contributed by atoms with Gasteiger partial charge in [0.25, 0.3) is 0 Å². The van der Waals surface area contributed by atoms with Crippen LogP contribution in [0.25, 0.3) is 0 Å². The molecule has 14 heteroatoms. The lowest BCUT2D eigenvalue weighted by atomic mass is 9.89. The van der Waals surface area contributed by atoms with Crippen molar-refractivity contribution in [3.63, 3.8) is 0 Å². The third kappa shape index (κ3) is 4.40. The van der Waals surface area contributed by atoms with Gasteiger partial charge in [0.15, 0.2) is 17.9 Å². The van der Waals surface area contributed by atoms with Crippen molar-refractivity contribution in [2.45, 2.75) is 36.8 Å². The maximum atomic E-state index is 12.9. The van der Waals surface area contributed by atoms with Gasteiger partial charge in [0.1, 0.15) is 5.75 Å². The van der Waals surface area contributed by atoms with Crippen molar-refractivity contribution in [2.75, 3.05) is 6.54 Å². The van der Waals surface area contributed by atoms with Gasteiger partial charge in [0.2, 0.25) is 15.8 Å². The molecule has 1 aromatic carbocycles. The number of nitrogens with zero attached hydrogens (tertiary/aromatic N) is 4. The van der Waals surface area contributed by atoms with Crippen LogP contribution in [0.1, 0.15) is 25.6 Å². The van der Waals surface area contributed by atoms with Gasteiger partial charge in [-0.3, -0.25) is 4.79 Å². The number of piperidine rings is 1. The number of hydrogen-bond donors (Lipinski definition) is 4. The monoisotopic (exact) mass is 428 g/mol. The van der Waals surface area contributed by atoms with Gasteiger partial charge in [-0.25, -0.2) is 19.1 Å². The SMILES string of the molecule is C[C@]1(C(=O)O)C(=O)CCCN1S(=O)(=O)c1ccc(OCc2nn[nH]n2)cc1.NO. The number of H-pyrrole nitrogens is 1. The number of carbonyl (C=O) groups is 2. The predicted octanol–water partition coefficient (Wildman–Crippen LogP) is -0.690. The Bertz CT molecular complexity index is 948. The lowest BCUT2D eigenvalue weighted by Gasteiger charge is -2.38. The Balaban J connectivity index is 0.00000145. The van der Waals surface area contributed by atoms with Gasteiger partial charge >= 0.3 is 5.97 Å². The number of rotatable bonds is 6. The van der Waals surface area contributed by atoms with Crippen LogP contribution in [-0.4, -0.2) is 67.5 Å². The van der Waals surface area contributed by atoms with Crippen molar-refractivity contribution in [1.82, 2.24) is 24.9 Å². The smallest absolute Gasteiger partial charge is 0.332 e. The zero-order valence-electron chi connectivity index (χ0n) is 15.3. The summed E-state index contributed by atoms with van der Waals surface area (Å²) in [5, 5.41) is 29.1. The van der Waals surface area contributed by atoms with Crippen LogP contribution in [0.4, 0.5) is 0 Å². The van der Waals surface area contributed by atoms with E-state index in [0.717, 1.165) is 11.2 Å². The molecule has 0 radical (unpaired) electrons. The molecule has 1 aliphatic rings. The number of carboxylic acids is 1. The standard InChI is InChI=1S/C15H17N5O6S.H3NO/c1-15(14(22)23)12(21)3-2-8-20(15)27(24,25)11-6-4-10(5-7-11)26-9-13-16-18-19-17-13;1-2/h4-7H,2-3,8-9H2,1H3,(H,22,23)(H,16,17,18,19);2H,1H2/t15-;/m1./s1. The normalized spacial score (nSPS) is 19.9. The molecular formula is C15H20N6O7S. The fraction of sp³-hybridized carbons (Fsp3) is 0.400. The molecule has 3 rings (SSSR count). The van der Waals surface area contributed by atoms with Crippen molar-refractivity contribution in [3.05, 3.63) is 30.1 Å². The average molecular weight is 428 g/mol. The van der Waals surface area contributed by atoms with E-state index < -0.39 is 27.3 Å². The Kier molecular flexibility index (Phi) is 6.97. The lowest BCUT2D eigenvalue weighted by Crippen LogP contribution is -2.62. The first kappa shape index (κ1) is 22.4. The summed E-state index contributed by atoms with van der Waals surface area (Å²) < 4.78 is 32.1. The molecule has 0 amide bonds. The molecule has 2 aromatic rings. The molecule has 13 nitrogen and oxygen atoms in total. The summed E-state index contributed by atoms with van der Waals surface area (Å²) >= 11 is 0. The van der Waals surface area contributed by atoms with Gasteiger partial charge in [-0.05, 0) is 37.6 Å². The molecule has 158 valence electrons. The number of tetrazole rings is 1. The van der Waals surface area contributed by atoms with Crippen LogP contribution in [0.2, 0.25) is 0 Å². The van der Waals surface area contributed by atoms with Gasteiger partial charge in [0.05, 0.1) is 4.90 Å². The summed E-state index contributed by atoms with van der Waals surface area (Å²) in [5.74, 6) is 2.07. The highest BCUT2D eigenvalue weighted by atomic mass is 32.2. The van der Waals surface area contributed by atoms with Crippen LogP contribution in [0.5, 0.6) is 5.75 Å². The van der Waals surface area contributed by atoms with Crippen LogP contribution < -0.4 is 10.6 Å². The summed E-state index contributed by atoms with van der Waals surface area (Å²) in [7, 11) is -4.19. The van der Waals surface area contributed by atoms with Gasteiger partial charge in [-0.1, -0.05) is 5.21 Å². The minimum atomic E-state index is -4.19. The Morgan fingerprint density at radius 1 is 1.34 bits per heavy atom. The molecule has 5 N–H and O–H groups in total. The maximum absolute atomic E-state index is 12.9. The number of nitrogens with one attached hydrogen (secondary N) is 1. The summed E-state index contributed by atoms with van der Waals surface area (Å²) in [6.45, 7) is 1.12. The molecule has 1 saturated heterocycles. The summed E-state index contributed by atoms with van der Waals surface area (Å²) in [5.41, 5.74) is -2.12. The Morgan fingerprint density at radius 2 is 2.00 bits per heavy atom. The van der Waals surface area contributed by atoms with Crippen LogP contribution in [0.3, 0.4) is 0 Å². The van der Waals surface area contributed by atoms with Gasteiger partial charge in [-0.2, -0.15) is 9.52 Å². The molecule has 0 spiro atoms. The van der Waals surface area contributed by atoms with Crippen molar-refractivity contribution in [1.29, 1.82) is 0 Å². The van der Waals surface area contributed by atoms with Crippen LogP contribution >= 0.6 is 0 Å². The van der Waals surface area contributed by atoms with Crippen molar-refractivity contribution < 1.29 is 33.1 Å². The Labute approximate surface area is 165 Å². The number of aromatic nitrogens is 4. The molecule has 1 atom stereocenters. The van der Waals surface area contributed by atoms with Gasteiger partial charge < -0.3 is 15.1 Å². The zero-order chi connectivity index (χ0) is 21.7. The molecule has 2 heterocycles. The summed E-state index contributed by atoms with van der Waals surface area (Å²) in [4.78, 5) is 23.7. The number of ketones is 1. The van der Waals surface area contributed by atoms with Crippen molar-refractivity contribution >= 4 is 21.8 Å². The van der Waals surface area contributed by atoms with Gasteiger partial charge in [-0.15, -0.1) is 10.2 Å². The molecule has 0 bridgehead atoms. The summed E-state index contributed by atoms with van der Waals surface area (Å²) in [6, 6.07) is 5.44. The number of carboxylic acid groups (broad SMARTS) is 1. The van der Waals surface area contributed by atoms with E-state index in [9.17, 15) is 23.1 Å².